The number of aliphatic hydroxyl groups is 2. The summed E-state index contributed by atoms with van der Waals surface area (Å²) in [5.74, 6) is -0.0563. The number of unbranched alkanes of at least 4 members (excludes halogenated alkanes) is 51. The fraction of sp³-hybridized carbons (Fsp3) is 0.889. The summed E-state index contributed by atoms with van der Waals surface area (Å²) in [6, 6.07) is -0.628. The molecular weight excluding hydrogens is 959 g/mol. The maximum atomic E-state index is 12.5. The zero-order valence-corrected chi connectivity index (χ0v) is 52.7. The highest BCUT2D eigenvalue weighted by Crippen LogP contribution is 2.18. The molecule has 2 atom stereocenters. The van der Waals surface area contributed by atoms with Crippen LogP contribution in [0.5, 0.6) is 0 Å². The first kappa shape index (κ1) is 76.1. The quantitative estimate of drug-likeness (QED) is 0.0320. The first-order valence-corrected chi connectivity index (χ1v) is 35.3. The van der Waals surface area contributed by atoms with E-state index in [0.717, 1.165) is 44.9 Å². The van der Waals surface area contributed by atoms with Crippen LogP contribution in [-0.4, -0.2) is 47.4 Å². The summed E-state index contributed by atoms with van der Waals surface area (Å²) in [5, 5.41) is 23.2. The normalized spacial score (nSPS) is 12.7. The van der Waals surface area contributed by atoms with Crippen LogP contribution >= 0.6 is 0 Å². The third-order valence-corrected chi connectivity index (χ3v) is 16.4. The van der Waals surface area contributed by atoms with E-state index in [2.05, 4.69) is 43.5 Å². The second-order valence-electron chi connectivity index (χ2n) is 24.2. The Bertz CT molecular complexity index is 1260. The van der Waals surface area contributed by atoms with E-state index in [1.165, 1.54) is 315 Å². The van der Waals surface area contributed by atoms with Crippen LogP contribution in [0.1, 0.15) is 386 Å². The average Bonchev–Trinajstić information content (AvgIpc) is 3.44. The fourth-order valence-electron chi connectivity index (χ4n) is 11.0. The van der Waals surface area contributed by atoms with Crippen LogP contribution in [0.3, 0.4) is 0 Å². The molecule has 0 saturated heterocycles. The Morgan fingerprint density at radius 1 is 0.346 bits per heavy atom. The number of rotatable bonds is 66. The predicted octanol–water partition coefficient (Wildman–Crippen LogP) is 22.7. The zero-order chi connectivity index (χ0) is 56.4. The lowest BCUT2D eigenvalue weighted by molar-refractivity contribution is -0.143. The molecule has 6 heteroatoms. The number of carbonyl (C=O) groups is 2. The van der Waals surface area contributed by atoms with Crippen LogP contribution in [0.15, 0.2) is 36.5 Å². The van der Waals surface area contributed by atoms with E-state index < -0.39 is 12.1 Å². The molecule has 0 aromatic heterocycles. The highest BCUT2D eigenvalue weighted by Gasteiger charge is 2.18. The topological polar surface area (TPSA) is 95.9 Å². The van der Waals surface area contributed by atoms with Gasteiger partial charge in [0, 0.05) is 12.8 Å². The number of allylic oxidation sites excluding steroid dienone is 5. The second-order valence-corrected chi connectivity index (χ2v) is 24.2. The summed E-state index contributed by atoms with van der Waals surface area (Å²) in [5.41, 5.74) is 0. The van der Waals surface area contributed by atoms with Crippen molar-refractivity contribution in [2.45, 2.75) is 398 Å². The maximum absolute atomic E-state index is 12.5. The lowest BCUT2D eigenvalue weighted by atomic mass is 10.0. The number of ether oxygens (including phenoxy) is 1. The molecule has 0 aliphatic rings. The lowest BCUT2D eigenvalue weighted by Crippen LogP contribution is -2.45. The van der Waals surface area contributed by atoms with Gasteiger partial charge in [0.25, 0.3) is 0 Å². The van der Waals surface area contributed by atoms with Gasteiger partial charge in [0.1, 0.15) is 0 Å². The Hall–Kier alpha value is -1.92. The first-order valence-electron chi connectivity index (χ1n) is 35.3. The fourth-order valence-corrected chi connectivity index (χ4v) is 11.0. The number of aliphatic hydroxyl groups excluding tert-OH is 2. The molecule has 0 radical (unpaired) electrons. The van der Waals surface area contributed by atoms with Crippen molar-refractivity contribution >= 4 is 11.9 Å². The number of hydrogen-bond donors (Lipinski definition) is 3. The highest BCUT2D eigenvalue weighted by atomic mass is 16.5. The molecule has 0 aliphatic heterocycles. The summed E-state index contributed by atoms with van der Waals surface area (Å²) in [4.78, 5) is 24.6. The molecule has 0 spiro atoms. The van der Waals surface area contributed by atoms with Gasteiger partial charge in [-0.05, 0) is 83.5 Å². The van der Waals surface area contributed by atoms with Gasteiger partial charge >= 0.3 is 5.97 Å². The second kappa shape index (κ2) is 67.6. The van der Waals surface area contributed by atoms with Gasteiger partial charge in [0.15, 0.2) is 0 Å². The molecule has 3 N–H and O–H groups in total. The molecule has 6 nitrogen and oxygen atoms in total. The number of nitrogens with one attached hydrogen (secondary N) is 1. The number of esters is 1. The number of amides is 1. The van der Waals surface area contributed by atoms with Crippen molar-refractivity contribution in [2.24, 2.45) is 0 Å². The summed E-state index contributed by atoms with van der Waals surface area (Å²) in [6.45, 7) is 4.92. The van der Waals surface area contributed by atoms with E-state index in [-0.39, 0.29) is 18.5 Å². The van der Waals surface area contributed by atoms with E-state index in [1.54, 1.807) is 6.08 Å². The smallest absolute Gasteiger partial charge is 0.305 e. The van der Waals surface area contributed by atoms with Crippen molar-refractivity contribution in [3.63, 3.8) is 0 Å². The molecular formula is C72H137NO5. The third-order valence-electron chi connectivity index (χ3n) is 16.4. The lowest BCUT2D eigenvalue weighted by Gasteiger charge is -2.20. The van der Waals surface area contributed by atoms with Gasteiger partial charge in [-0.3, -0.25) is 9.59 Å². The van der Waals surface area contributed by atoms with Gasteiger partial charge in [-0.1, -0.05) is 326 Å². The first-order chi connectivity index (χ1) is 38.5. The van der Waals surface area contributed by atoms with E-state index in [0.29, 0.717) is 19.4 Å². The average molecular weight is 1100 g/mol. The highest BCUT2D eigenvalue weighted by molar-refractivity contribution is 5.76. The molecule has 0 aromatic carbocycles. The van der Waals surface area contributed by atoms with Crippen molar-refractivity contribution in [3.05, 3.63) is 36.5 Å². The van der Waals surface area contributed by atoms with Gasteiger partial charge in [-0.25, -0.2) is 0 Å². The molecule has 78 heavy (non-hydrogen) atoms. The monoisotopic (exact) mass is 1100 g/mol. The molecule has 0 aromatic rings. The molecule has 0 saturated carbocycles. The minimum Gasteiger partial charge on any atom is -0.466 e. The SMILES string of the molecule is CCCCCCC/C=C\CCCCCCCC(=O)OCCCCCCCCCCCCCC/C=C\CCCCCCCCCCCCCCCC(=O)NC(CO)C(O)/C=C/CCCCCCCCCCCCCCCCCC. The maximum Gasteiger partial charge on any atom is 0.305 e. The summed E-state index contributed by atoms with van der Waals surface area (Å²) < 4.78 is 5.48. The van der Waals surface area contributed by atoms with Gasteiger partial charge in [0.05, 0.1) is 25.4 Å². The Kier molecular flexibility index (Phi) is 65.9. The minimum absolute atomic E-state index is 0.00794. The Balaban J connectivity index is 3.39. The van der Waals surface area contributed by atoms with Crippen molar-refractivity contribution < 1.29 is 24.5 Å². The van der Waals surface area contributed by atoms with E-state index >= 15 is 0 Å². The van der Waals surface area contributed by atoms with Crippen LogP contribution in [0, 0.1) is 0 Å². The Morgan fingerprint density at radius 3 is 0.910 bits per heavy atom. The summed E-state index contributed by atoms with van der Waals surface area (Å²) in [6.07, 6.45) is 86.5. The van der Waals surface area contributed by atoms with E-state index in [1.807, 2.05) is 6.08 Å². The van der Waals surface area contributed by atoms with Crippen molar-refractivity contribution in [1.29, 1.82) is 0 Å². The number of carbonyl (C=O) groups excluding carboxylic acids is 2. The zero-order valence-electron chi connectivity index (χ0n) is 52.7. The molecule has 1 amide bonds. The molecule has 0 heterocycles. The summed E-state index contributed by atoms with van der Waals surface area (Å²) >= 11 is 0. The number of hydrogen-bond acceptors (Lipinski definition) is 5. The van der Waals surface area contributed by atoms with Gasteiger partial charge in [-0.2, -0.15) is 0 Å². The standard InChI is InChI=1S/C72H137NO5/c1-3-5-7-9-11-13-15-17-19-20-34-37-40-44-48-52-56-60-64-70(75)69(68-74)73-71(76)65-61-57-53-49-45-41-38-35-32-30-28-26-24-22-21-23-25-27-29-31-33-36-39-43-47-51-55-59-63-67-78-72(77)66-62-58-54-50-46-42-18-16-14-12-10-8-6-4-2/h16,18,21,23,60,64,69-70,74-75H,3-15,17,19-20,22,24-59,61-63,65-68H2,1-2H3,(H,73,76)/b18-16-,23-21-,64-60+. The molecule has 2 unspecified atom stereocenters. The van der Waals surface area contributed by atoms with Crippen molar-refractivity contribution in [2.75, 3.05) is 13.2 Å². The van der Waals surface area contributed by atoms with Crippen LogP contribution < -0.4 is 5.32 Å². The predicted molar refractivity (Wildman–Crippen MR) is 343 cm³/mol. The molecule has 0 bridgehead atoms. The van der Waals surface area contributed by atoms with Crippen LogP contribution in [-0.2, 0) is 14.3 Å². The Labute approximate surface area is 487 Å². The van der Waals surface area contributed by atoms with Gasteiger partial charge < -0.3 is 20.3 Å². The van der Waals surface area contributed by atoms with E-state index in [4.69, 9.17) is 4.74 Å². The Morgan fingerprint density at radius 2 is 0.603 bits per heavy atom. The van der Waals surface area contributed by atoms with Gasteiger partial charge in [-0.15, -0.1) is 0 Å². The van der Waals surface area contributed by atoms with E-state index in [9.17, 15) is 19.8 Å². The molecule has 0 aliphatic carbocycles. The largest absolute Gasteiger partial charge is 0.466 e. The third kappa shape index (κ3) is 63.3. The molecule has 0 rings (SSSR count). The molecule has 0 fully saturated rings. The van der Waals surface area contributed by atoms with Crippen molar-refractivity contribution in [1.82, 2.24) is 5.32 Å². The van der Waals surface area contributed by atoms with Crippen LogP contribution in [0.2, 0.25) is 0 Å². The minimum atomic E-state index is -0.844. The van der Waals surface area contributed by atoms with Crippen LogP contribution in [0.25, 0.3) is 0 Å². The summed E-state index contributed by atoms with van der Waals surface area (Å²) in [7, 11) is 0. The molecule has 460 valence electrons. The van der Waals surface area contributed by atoms with Gasteiger partial charge in [0.2, 0.25) is 5.91 Å². The van der Waals surface area contributed by atoms with Crippen molar-refractivity contribution in [3.8, 4) is 0 Å². The van der Waals surface area contributed by atoms with Crippen LogP contribution in [0.4, 0.5) is 0 Å².